The van der Waals surface area contributed by atoms with Gasteiger partial charge in [-0.3, -0.25) is 4.79 Å². The summed E-state index contributed by atoms with van der Waals surface area (Å²) in [5.74, 6) is 0.00598. The summed E-state index contributed by atoms with van der Waals surface area (Å²) in [6.45, 7) is 0. The standard InChI is InChI=1S/C19H15NO/c21-19(16-9-5-2-6-10-16)14-12-17-11-13-18(20-17)15-7-3-1-4-8-15/h1-14,20H. The molecule has 1 N–H and O–H groups in total. The highest BCUT2D eigenvalue weighted by molar-refractivity contribution is 6.06. The van der Waals surface area contributed by atoms with Crippen molar-refractivity contribution >= 4 is 11.9 Å². The van der Waals surface area contributed by atoms with Crippen LogP contribution in [-0.4, -0.2) is 10.8 Å². The molecule has 3 aromatic rings. The number of benzene rings is 2. The Morgan fingerprint density at radius 2 is 1.48 bits per heavy atom. The van der Waals surface area contributed by atoms with Crippen LogP contribution in [0.1, 0.15) is 16.1 Å². The first kappa shape index (κ1) is 13.1. The lowest BCUT2D eigenvalue weighted by Crippen LogP contribution is -1.92. The fourth-order valence-electron chi connectivity index (χ4n) is 2.16. The molecule has 0 saturated carbocycles. The van der Waals surface area contributed by atoms with E-state index in [2.05, 4.69) is 17.1 Å². The van der Waals surface area contributed by atoms with Crippen molar-refractivity contribution in [2.75, 3.05) is 0 Å². The van der Waals surface area contributed by atoms with E-state index in [1.807, 2.05) is 66.7 Å². The fourth-order valence-corrected chi connectivity index (χ4v) is 2.16. The third-order valence-electron chi connectivity index (χ3n) is 3.27. The predicted molar refractivity (Wildman–Crippen MR) is 86.0 cm³/mol. The van der Waals surface area contributed by atoms with E-state index in [0.29, 0.717) is 5.56 Å². The monoisotopic (exact) mass is 273 g/mol. The number of allylic oxidation sites excluding steroid dienone is 1. The van der Waals surface area contributed by atoms with Gasteiger partial charge in [0.25, 0.3) is 0 Å². The van der Waals surface area contributed by atoms with Crippen molar-refractivity contribution < 1.29 is 4.79 Å². The zero-order chi connectivity index (χ0) is 14.5. The van der Waals surface area contributed by atoms with Gasteiger partial charge in [-0.2, -0.15) is 0 Å². The van der Waals surface area contributed by atoms with Crippen molar-refractivity contribution in [3.8, 4) is 11.3 Å². The minimum Gasteiger partial charge on any atom is -0.355 e. The van der Waals surface area contributed by atoms with E-state index >= 15 is 0 Å². The Bertz CT molecular complexity index is 755. The summed E-state index contributed by atoms with van der Waals surface area (Å²) in [6.07, 6.45) is 3.40. The third-order valence-corrected chi connectivity index (χ3v) is 3.27. The molecule has 0 bridgehead atoms. The predicted octanol–water partition coefficient (Wildman–Crippen LogP) is 4.58. The molecule has 0 aliphatic rings. The molecule has 0 spiro atoms. The molecule has 2 nitrogen and oxygen atoms in total. The molecule has 0 saturated heterocycles. The van der Waals surface area contributed by atoms with Crippen molar-refractivity contribution in [2.45, 2.75) is 0 Å². The van der Waals surface area contributed by atoms with Gasteiger partial charge < -0.3 is 4.98 Å². The molecule has 21 heavy (non-hydrogen) atoms. The molecule has 0 radical (unpaired) electrons. The van der Waals surface area contributed by atoms with E-state index in [1.54, 1.807) is 6.08 Å². The zero-order valence-corrected chi connectivity index (χ0v) is 11.5. The van der Waals surface area contributed by atoms with E-state index in [1.165, 1.54) is 0 Å². The average Bonchev–Trinajstić information content (AvgIpc) is 3.03. The lowest BCUT2D eigenvalue weighted by Gasteiger charge is -1.96. The van der Waals surface area contributed by atoms with Crippen LogP contribution in [-0.2, 0) is 0 Å². The molecule has 1 aromatic heterocycles. The second kappa shape index (κ2) is 6.06. The van der Waals surface area contributed by atoms with Crippen LogP contribution in [0, 0.1) is 0 Å². The minimum atomic E-state index is 0.00598. The van der Waals surface area contributed by atoms with Gasteiger partial charge >= 0.3 is 0 Å². The SMILES string of the molecule is O=C(C=Cc1ccc(-c2ccccc2)[nH]1)c1ccccc1. The largest absolute Gasteiger partial charge is 0.355 e. The van der Waals surface area contributed by atoms with E-state index in [-0.39, 0.29) is 5.78 Å². The van der Waals surface area contributed by atoms with E-state index in [9.17, 15) is 4.79 Å². The highest BCUT2D eigenvalue weighted by Gasteiger charge is 2.01. The van der Waals surface area contributed by atoms with Crippen LogP contribution in [0.4, 0.5) is 0 Å². The van der Waals surface area contributed by atoms with Crippen molar-refractivity contribution in [1.82, 2.24) is 4.98 Å². The maximum Gasteiger partial charge on any atom is 0.185 e. The molecule has 2 aromatic carbocycles. The number of carbonyl (C=O) groups is 1. The lowest BCUT2D eigenvalue weighted by molar-refractivity contribution is 0.104. The van der Waals surface area contributed by atoms with E-state index < -0.39 is 0 Å². The van der Waals surface area contributed by atoms with Crippen LogP contribution in [0.25, 0.3) is 17.3 Å². The molecule has 1 heterocycles. The molecule has 2 heteroatoms. The molecule has 0 unspecified atom stereocenters. The maximum atomic E-state index is 12.0. The molecule has 0 aliphatic carbocycles. The Kier molecular flexibility index (Phi) is 3.79. The second-order valence-electron chi connectivity index (χ2n) is 4.76. The molecular formula is C19H15NO. The molecule has 0 fully saturated rings. The van der Waals surface area contributed by atoms with Crippen molar-refractivity contribution in [3.63, 3.8) is 0 Å². The van der Waals surface area contributed by atoms with Crippen molar-refractivity contribution in [3.05, 3.63) is 90.1 Å². The number of aromatic nitrogens is 1. The average molecular weight is 273 g/mol. The first-order valence-corrected chi connectivity index (χ1v) is 6.85. The normalized spacial score (nSPS) is 10.9. The topological polar surface area (TPSA) is 32.9 Å². The van der Waals surface area contributed by atoms with Gasteiger partial charge in [0.2, 0.25) is 0 Å². The summed E-state index contributed by atoms with van der Waals surface area (Å²) in [6, 6.07) is 23.3. The molecule has 0 atom stereocenters. The summed E-state index contributed by atoms with van der Waals surface area (Å²) in [4.78, 5) is 15.3. The maximum absolute atomic E-state index is 12.0. The number of ketones is 1. The summed E-state index contributed by atoms with van der Waals surface area (Å²) in [5, 5.41) is 0. The van der Waals surface area contributed by atoms with E-state index in [4.69, 9.17) is 0 Å². The Balaban J connectivity index is 1.76. The van der Waals surface area contributed by atoms with Crippen LogP contribution in [0.15, 0.2) is 78.9 Å². The number of carbonyl (C=O) groups excluding carboxylic acids is 1. The number of nitrogens with one attached hydrogen (secondary N) is 1. The highest BCUT2D eigenvalue weighted by Crippen LogP contribution is 2.18. The van der Waals surface area contributed by atoms with Crippen molar-refractivity contribution in [2.24, 2.45) is 0 Å². The van der Waals surface area contributed by atoms with E-state index in [0.717, 1.165) is 17.0 Å². The Hall–Kier alpha value is -2.87. The Morgan fingerprint density at radius 3 is 2.19 bits per heavy atom. The second-order valence-corrected chi connectivity index (χ2v) is 4.76. The zero-order valence-electron chi connectivity index (χ0n) is 11.5. The van der Waals surface area contributed by atoms with Gasteiger partial charge in [0.1, 0.15) is 0 Å². The number of hydrogen-bond acceptors (Lipinski definition) is 1. The van der Waals surface area contributed by atoms with Gasteiger partial charge in [-0.05, 0) is 29.8 Å². The summed E-state index contributed by atoms with van der Waals surface area (Å²) in [5.41, 5.74) is 3.79. The minimum absolute atomic E-state index is 0.00598. The lowest BCUT2D eigenvalue weighted by atomic mass is 10.1. The first-order valence-electron chi connectivity index (χ1n) is 6.85. The van der Waals surface area contributed by atoms with Crippen molar-refractivity contribution in [1.29, 1.82) is 0 Å². The van der Waals surface area contributed by atoms with Gasteiger partial charge in [0.05, 0.1) is 0 Å². The van der Waals surface area contributed by atoms with Crippen LogP contribution in [0.5, 0.6) is 0 Å². The van der Waals surface area contributed by atoms with Crippen LogP contribution >= 0.6 is 0 Å². The quantitative estimate of drug-likeness (QED) is 0.548. The molecular weight excluding hydrogens is 258 g/mol. The summed E-state index contributed by atoms with van der Waals surface area (Å²) >= 11 is 0. The summed E-state index contributed by atoms with van der Waals surface area (Å²) in [7, 11) is 0. The molecule has 0 amide bonds. The van der Waals surface area contributed by atoms with Gasteiger partial charge in [0.15, 0.2) is 5.78 Å². The Labute approximate surface area is 123 Å². The summed E-state index contributed by atoms with van der Waals surface area (Å²) < 4.78 is 0. The number of aromatic amines is 1. The number of rotatable bonds is 4. The fraction of sp³-hybridized carbons (Fsp3) is 0. The smallest absolute Gasteiger partial charge is 0.185 e. The van der Waals surface area contributed by atoms with Crippen LogP contribution in [0.3, 0.4) is 0 Å². The molecule has 3 rings (SSSR count). The van der Waals surface area contributed by atoms with Gasteiger partial charge in [0, 0.05) is 17.0 Å². The van der Waals surface area contributed by atoms with Crippen LogP contribution in [0.2, 0.25) is 0 Å². The van der Waals surface area contributed by atoms with Gasteiger partial charge in [-0.1, -0.05) is 60.7 Å². The number of hydrogen-bond donors (Lipinski definition) is 1. The third kappa shape index (κ3) is 3.18. The Morgan fingerprint density at radius 1 is 0.810 bits per heavy atom. The van der Waals surface area contributed by atoms with Gasteiger partial charge in [-0.15, -0.1) is 0 Å². The van der Waals surface area contributed by atoms with Crippen LogP contribution < -0.4 is 0 Å². The molecule has 0 aliphatic heterocycles. The molecule has 102 valence electrons. The highest BCUT2D eigenvalue weighted by atomic mass is 16.1. The number of H-pyrrole nitrogens is 1. The first-order chi connectivity index (χ1) is 10.3. The van der Waals surface area contributed by atoms with Gasteiger partial charge in [-0.25, -0.2) is 0 Å².